The lowest BCUT2D eigenvalue weighted by atomic mass is 10.1. The summed E-state index contributed by atoms with van der Waals surface area (Å²) in [6.07, 6.45) is 5.39. The molecule has 1 aromatic carbocycles. The van der Waals surface area contributed by atoms with E-state index in [1.807, 2.05) is 24.3 Å². The minimum absolute atomic E-state index is 0.162. The van der Waals surface area contributed by atoms with Crippen LogP contribution >= 0.6 is 11.6 Å². The molecule has 26 heavy (non-hydrogen) atoms. The number of hydrogen-bond acceptors (Lipinski definition) is 5. The van der Waals surface area contributed by atoms with Crippen LogP contribution in [0.25, 0.3) is 11.4 Å². The molecule has 2 aliphatic rings. The average molecular weight is 375 g/mol. The number of likely N-dealkylation sites (tertiary alicyclic amines) is 2. The predicted molar refractivity (Wildman–Crippen MR) is 103 cm³/mol. The van der Waals surface area contributed by atoms with Crippen LogP contribution < -0.4 is 0 Å². The van der Waals surface area contributed by atoms with E-state index in [1.54, 1.807) is 0 Å². The number of halogens is 1. The Morgan fingerprint density at radius 1 is 1.15 bits per heavy atom. The van der Waals surface area contributed by atoms with Gasteiger partial charge in [0.05, 0.1) is 6.04 Å². The van der Waals surface area contributed by atoms with Gasteiger partial charge in [-0.25, -0.2) is 0 Å². The molecular weight excluding hydrogens is 348 g/mol. The van der Waals surface area contributed by atoms with Gasteiger partial charge >= 0.3 is 0 Å². The summed E-state index contributed by atoms with van der Waals surface area (Å²) in [5.41, 5.74) is 0.931. The lowest BCUT2D eigenvalue weighted by molar-refractivity contribution is 0.175. The van der Waals surface area contributed by atoms with Gasteiger partial charge in [-0.2, -0.15) is 4.98 Å². The van der Waals surface area contributed by atoms with E-state index in [4.69, 9.17) is 16.1 Å². The van der Waals surface area contributed by atoms with Crippen LogP contribution in [0.2, 0.25) is 5.02 Å². The van der Waals surface area contributed by atoms with Gasteiger partial charge in [0.1, 0.15) is 0 Å². The predicted octanol–water partition coefficient (Wildman–Crippen LogP) is 4.26. The zero-order valence-corrected chi connectivity index (χ0v) is 16.2. The number of aromatic nitrogens is 2. The van der Waals surface area contributed by atoms with Crippen molar-refractivity contribution in [2.45, 2.75) is 38.6 Å². The summed E-state index contributed by atoms with van der Waals surface area (Å²) in [6.45, 7) is 8.19. The fraction of sp³-hybridized carbons (Fsp3) is 0.600. The molecule has 0 radical (unpaired) electrons. The summed E-state index contributed by atoms with van der Waals surface area (Å²) in [5, 5.41) is 4.87. The van der Waals surface area contributed by atoms with E-state index in [1.165, 1.54) is 45.3 Å². The maximum Gasteiger partial charge on any atom is 0.244 e. The topological polar surface area (TPSA) is 45.4 Å². The van der Waals surface area contributed by atoms with Gasteiger partial charge in [-0.1, -0.05) is 23.2 Å². The van der Waals surface area contributed by atoms with E-state index in [0.29, 0.717) is 16.7 Å². The van der Waals surface area contributed by atoms with Crippen molar-refractivity contribution in [3.05, 3.63) is 35.2 Å². The Labute approximate surface area is 160 Å². The van der Waals surface area contributed by atoms with Crippen LogP contribution in [0.15, 0.2) is 28.8 Å². The average Bonchev–Trinajstić information content (AvgIpc) is 3.33. The monoisotopic (exact) mass is 374 g/mol. The summed E-state index contributed by atoms with van der Waals surface area (Å²) in [5.74, 6) is 2.09. The molecule has 0 N–H and O–H groups in total. The molecule has 0 spiro atoms. The minimum Gasteiger partial charge on any atom is -0.337 e. The van der Waals surface area contributed by atoms with Crippen LogP contribution in [0.3, 0.4) is 0 Å². The standard InChI is InChI=1S/C20H27ClN4O/c1-15(20-22-19(23-26-20)17-5-7-18(21)8-6-17)25-12-9-16(14-25)13-24-10-3-2-4-11-24/h5-8,15-16H,2-4,9-14H2,1H3/t15-,16-/m1/s1. The maximum atomic E-state index is 5.95. The van der Waals surface area contributed by atoms with E-state index in [-0.39, 0.29) is 6.04 Å². The fourth-order valence-corrected chi connectivity index (χ4v) is 4.27. The molecule has 140 valence electrons. The number of nitrogens with zero attached hydrogens (tertiary/aromatic N) is 4. The van der Waals surface area contributed by atoms with E-state index in [2.05, 4.69) is 26.9 Å². The van der Waals surface area contributed by atoms with Gasteiger partial charge in [0, 0.05) is 23.7 Å². The summed E-state index contributed by atoms with van der Waals surface area (Å²) in [4.78, 5) is 9.75. The van der Waals surface area contributed by atoms with E-state index >= 15 is 0 Å². The third-order valence-electron chi connectivity index (χ3n) is 5.73. The molecule has 6 heteroatoms. The molecule has 0 bridgehead atoms. The normalized spacial score (nSPS) is 23.4. The molecule has 5 nitrogen and oxygen atoms in total. The summed E-state index contributed by atoms with van der Waals surface area (Å²) in [7, 11) is 0. The van der Waals surface area contributed by atoms with Crippen LogP contribution in [-0.4, -0.2) is 52.7 Å². The van der Waals surface area contributed by atoms with Gasteiger partial charge in [0.2, 0.25) is 11.7 Å². The van der Waals surface area contributed by atoms with Crippen molar-refractivity contribution < 1.29 is 4.52 Å². The Balaban J connectivity index is 1.36. The van der Waals surface area contributed by atoms with Crippen LogP contribution in [-0.2, 0) is 0 Å². The molecule has 0 unspecified atom stereocenters. The number of benzene rings is 1. The molecule has 0 aliphatic carbocycles. The first kappa shape index (κ1) is 18.0. The van der Waals surface area contributed by atoms with Gasteiger partial charge in [0.25, 0.3) is 0 Å². The zero-order valence-electron chi connectivity index (χ0n) is 15.4. The van der Waals surface area contributed by atoms with Crippen LogP contribution in [0, 0.1) is 5.92 Å². The van der Waals surface area contributed by atoms with Gasteiger partial charge < -0.3 is 9.42 Å². The first-order valence-corrected chi connectivity index (χ1v) is 10.1. The largest absolute Gasteiger partial charge is 0.337 e. The van der Waals surface area contributed by atoms with Crippen molar-refractivity contribution >= 4 is 11.6 Å². The number of rotatable bonds is 5. The molecule has 2 fully saturated rings. The molecule has 4 rings (SSSR count). The minimum atomic E-state index is 0.162. The van der Waals surface area contributed by atoms with E-state index in [0.717, 1.165) is 24.6 Å². The molecule has 2 saturated heterocycles. The van der Waals surface area contributed by atoms with Crippen molar-refractivity contribution in [2.24, 2.45) is 5.92 Å². The van der Waals surface area contributed by atoms with E-state index in [9.17, 15) is 0 Å². The molecule has 2 atom stereocenters. The quantitative estimate of drug-likeness (QED) is 0.782. The Hall–Kier alpha value is -1.43. The highest BCUT2D eigenvalue weighted by molar-refractivity contribution is 6.30. The second-order valence-electron chi connectivity index (χ2n) is 7.65. The van der Waals surface area contributed by atoms with Gasteiger partial charge in [-0.05, 0) is 76.0 Å². The first-order valence-electron chi connectivity index (χ1n) is 9.75. The van der Waals surface area contributed by atoms with Crippen molar-refractivity contribution in [3.8, 4) is 11.4 Å². The summed E-state index contributed by atoms with van der Waals surface area (Å²) >= 11 is 5.95. The highest BCUT2D eigenvalue weighted by Crippen LogP contribution is 2.29. The van der Waals surface area contributed by atoms with Crippen molar-refractivity contribution in [1.82, 2.24) is 19.9 Å². The molecule has 0 saturated carbocycles. The smallest absolute Gasteiger partial charge is 0.244 e. The fourth-order valence-electron chi connectivity index (χ4n) is 4.15. The lowest BCUT2D eigenvalue weighted by Crippen LogP contribution is -2.35. The highest BCUT2D eigenvalue weighted by Gasteiger charge is 2.30. The van der Waals surface area contributed by atoms with Crippen LogP contribution in [0.4, 0.5) is 0 Å². The van der Waals surface area contributed by atoms with E-state index < -0.39 is 0 Å². The Kier molecular flexibility index (Phi) is 5.57. The van der Waals surface area contributed by atoms with Gasteiger partial charge in [-0.3, -0.25) is 4.90 Å². The third-order valence-corrected chi connectivity index (χ3v) is 5.98. The Morgan fingerprint density at radius 3 is 2.69 bits per heavy atom. The van der Waals surface area contributed by atoms with Crippen molar-refractivity contribution in [1.29, 1.82) is 0 Å². The molecule has 0 amide bonds. The Bertz CT molecular complexity index is 711. The second-order valence-corrected chi connectivity index (χ2v) is 8.09. The summed E-state index contributed by atoms with van der Waals surface area (Å²) < 4.78 is 5.56. The van der Waals surface area contributed by atoms with Crippen molar-refractivity contribution in [3.63, 3.8) is 0 Å². The van der Waals surface area contributed by atoms with Gasteiger partial charge in [0.15, 0.2) is 0 Å². The molecule has 2 aromatic rings. The Morgan fingerprint density at radius 2 is 1.92 bits per heavy atom. The third kappa shape index (κ3) is 4.11. The molecule has 1 aromatic heterocycles. The van der Waals surface area contributed by atoms with Crippen LogP contribution in [0.5, 0.6) is 0 Å². The van der Waals surface area contributed by atoms with Crippen molar-refractivity contribution in [2.75, 3.05) is 32.7 Å². The lowest BCUT2D eigenvalue weighted by Gasteiger charge is -2.29. The number of hydrogen-bond donors (Lipinski definition) is 0. The zero-order chi connectivity index (χ0) is 17.9. The molecule has 2 aliphatic heterocycles. The summed E-state index contributed by atoms with van der Waals surface area (Å²) in [6, 6.07) is 7.71. The van der Waals surface area contributed by atoms with Crippen LogP contribution in [0.1, 0.15) is 44.5 Å². The first-order chi connectivity index (χ1) is 12.7. The SMILES string of the molecule is C[C@H](c1nc(-c2ccc(Cl)cc2)no1)N1CC[C@H](CN2CCCCC2)C1. The molecule has 3 heterocycles. The number of piperidine rings is 1. The highest BCUT2D eigenvalue weighted by atomic mass is 35.5. The maximum absolute atomic E-state index is 5.95. The molecular formula is C20H27ClN4O. The second kappa shape index (κ2) is 8.07. The van der Waals surface area contributed by atoms with Gasteiger partial charge in [-0.15, -0.1) is 0 Å².